The summed E-state index contributed by atoms with van der Waals surface area (Å²) in [5.41, 5.74) is 0.622. The van der Waals surface area contributed by atoms with Crippen molar-refractivity contribution in [2.75, 3.05) is 27.4 Å². The first kappa shape index (κ1) is 17.6. The summed E-state index contributed by atoms with van der Waals surface area (Å²) in [4.78, 5) is 11.8. The standard InChI is InChI=1S/C18H21NO5/c1-22-16-9-8-13(10-17(16)23-2)15(20)11-19-18(21)12-24-14-6-4-3-5-7-14/h3-10,15,20H,11-12H2,1-2H3,(H,19,21). The summed E-state index contributed by atoms with van der Waals surface area (Å²) in [6.45, 7) is -0.0326. The quantitative estimate of drug-likeness (QED) is 0.773. The summed E-state index contributed by atoms with van der Waals surface area (Å²) in [7, 11) is 3.07. The van der Waals surface area contributed by atoms with Crippen LogP contribution in [0.15, 0.2) is 48.5 Å². The van der Waals surface area contributed by atoms with Crippen LogP contribution in [-0.4, -0.2) is 38.4 Å². The van der Waals surface area contributed by atoms with E-state index in [-0.39, 0.29) is 19.1 Å². The van der Waals surface area contributed by atoms with Crippen LogP contribution >= 0.6 is 0 Å². The van der Waals surface area contributed by atoms with Crippen LogP contribution in [0.2, 0.25) is 0 Å². The number of aliphatic hydroxyl groups is 1. The lowest BCUT2D eigenvalue weighted by molar-refractivity contribution is -0.123. The second-order valence-corrected chi connectivity index (χ2v) is 5.04. The molecule has 0 fully saturated rings. The lowest BCUT2D eigenvalue weighted by atomic mass is 10.1. The van der Waals surface area contributed by atoms with Gasteiger partial charge < -0.3 is 24.6 Å². The predicted octanol–water partition coefficient (Wildman–Crippen LogP) is 1.93. The predicted molar refractivity (Wildman–Crippen MR) is 89.5 cm³/mol. The zero-order valence-corrected chi connectivity index (χ0v) is 13.7. The Morgan fingerprint density at radius 3 is 2.46 bits per heavy atom. The zero-order valence-electron chi connectivity index (χ0n) is 13.7. The third-order valence-electron chi connectivity index (χ3n) is 3.40. The van der Waals surface area contributed by atoms with Gasteiger partial charge >= 0.3 is 0 Å². The highest BCUT2D eigenvalue weighted by Crippen LogP contribution is 2.29. The lowest BCUT2D eigenvalue weighted by Crippen LogP contribution is -2.32. The number of aliphatic hydroxyl groups excluding tert-OH is 1. The van der Waals surface area contributed by atoms with E-state index < -0.39 is 6.10 Å². The van der Waals surface area contributed by atoms with Gasteiger partial charge in [-0.15, -0.1) is 0 Å². The largest absolute Gasteiger partial charge is 0.493 e. The molecule has 6 heteroatoms. The summed E-state index contributed by atoms with van der Waals surface area (Å²) >= 11 is 0. The number of nitrogens with one attached hydrogen (secondary N) is 1. The van der Waals surface area contributed by atoms with Crippen LogP contribution < -0.4 is 19.5 Å². The molecule has 0 aromatic heterocycles. The Bertz CT molecular complexity index is 660. The van der Waals surface area contributed by atoms with Crippen molar-refractivity contribution < 1.29 is 24.1 Å². The number of amides is 1. The van der Waals surface area contributed by atoms with Gasteiger partial charge in [0, 0.05) is 6.54 Å². The molecule has 0 aliphatic heterocycles. The second-order valence-electron chi connectivity index (χ2n) is 5.04. The van der Waals surface area contributed by atoms with E-state index in [1.807, 2.05) is 18.2 Å². The number of benzene rings is 2. The van der Waals surface area contributed by atoms with Crippen molar-refractivity contribution in [3.8, 4) is 17.2 Å². The molecule has 1 atom stereocenters. The third kappa shape index (κ3) is 4.89. The van der Waals surface area contributed by atoms with Crippen molar-refractivity contribution in [3.05, 3.63) is 54.1 Å². The molecule has 0 spiro atoms. The Morgan fingerprint density at radius 2 is 1.79 bits per heavy atom. The van der Waals surface area contributed by atoms with Crippen molar-refractivity contribution in [1.82, 2.24) is 5.32 Å². The highest BCUT2D eigenvalue weighted by atomic mass is 16.5. The molecule has 2 aromatic rings. The molecule has 24 heavy (non-hydrogen) atoms. The number of rotatable bonds is 8. The molecule has 0 saturated carbocycles. The minimum atomic E-state index is -0.856. The Balaban J connectivity index is 1.84. The maximum absolute atomic E-state index is 11.8. The van der Waals surface area contributed by atoms with Crippen LogP contribution in [0.25, 0.3) is 0 Å². The maximum atomic E-state index is 11.8. The molecule has 0 bridgehead atoms. The fraction of sp³-hybridized carbons (Fsp3) is 0.278. The third-order valence-corrected chi connectivity index (χ3v) is 3.40. The molecular formula is C18H21NO5. The van der Waals surface area contributed by atoms with E-state index in [1.165, 1.54) is 7.11 Å². The Labute approximate surface area is 141 Å². The van der Waals surface area contributed by atoms with Crippen molar-refractivity contribution in [3.63, 3.8) is 0 Å². The van der Waals surface area contributed by atoms with E-state index in [0.717, 1.165) is 0 Å². The lowest BCUT2D eigenvalue weighted by Gasteiger charge is -2.15. The van der Waals surface area contributed by atoms with Gasteiger partial charge in [0.25, 0.3) is 5.91 Å². The van der Waals surface area contributed by atoms with Crippen LogP contribution in [0.3, 0.4) is 0 Å². The first-order valence-electron chi connectivity index (χ1n) is 7.48. The van der Waals surface area contributed by atoms with Gasteiger partial charge in [-0.1, -0.05) is 24.3 Å². The van der Waals surface area contributed by atoms with Crippen LogP contribution in [0.1, 0.15) is 11.7 Å². The van der Waals surface area contributed by atoms with Crippen molar-refractivity contribution in [2.24, 2.45) is 0 Å². The van der Waals surface area contributed by atoms with E-state index in [9.17, 15) is 9.90 Å². The summed E-state index contributed by atoms with van der Waals surface area (Å²) in [5, 5.41) is 12.8. The van der Waals surface area contributed by atoms with Crippen LogP contribution in [0, 0.1) is 0 Å². The molecule has 128 valence electrons. The molecule has 1 unspecified atom stereocenters. The summed E-state index contributed by atoms with van der Waals surface area (Å²) < 4.78 is 15.7. The van der Waals surface area contributed by atoms with Crippen LogP contribution in [0.4, 0.5) is 0 Å². The number of carbonyl (C=O) groups excluding carboxylic acids is 1. The normalized spacial score (nSPS) is 11.5. The van der Waals surface area contributed by atoms with Gasteiger partial charge in [0.1, 0.15) is 5.75 Å². The molecule has 2 rings (SSSR count). The van der Waals surface area contributed by atoms with Gasteiger partial charge in [-0.05, 0) is 29.8 Å². The fourth-order valence-corrected chi connectivity index (χ4v) is 2.11. The van der Waals surface area contributed by atoms with Gasteiger partial charge in [-0.2, -0.15) is 0 Å². The van der Waals surface area contributed by atoms with Gasteiger partial charge in [-0.25, -0.2) is 0 Å². The minimum Gasteiger partial charge on any atom is -0.493 e. The van der Waals surface area contributed by atoms with Crippen molar-refractivity contribution >= 4 is 5.91 Å². The van der Waals surface area contributed by atoms with E-state index in [0.29, 0.717) is 22.8 Å². The SMILES string of the molecule is COc1ccc(C(O)CNC(=O)COc2ccccc2)cc1OC. The molecule has 2 aromatic carbocycles. The second kappa shape index (κ2) is 8.79. The molecule has 2 N–H and O–H groups in total. The van der Waals surface area contributed by atoms with Gasteiger partial charge in [0.2, 0.25) is 0 Å². The first-order valence-corrected chi connectivity index (χ1v) is 7.48. The number of methoxy groups -OCH3 is 2. The zero-order chi connectivity index (χ0) is 17.4. The summed E-state index contributed by atoms with van der Waals surface area (Å²) in [5.74, 6) is 1.41. The monoisotopic (exact) mass is 331 g/mol. The van der Waals surface area contributed by atoms with Gasteiger partial charge in [-0.3, -0.25) is 4.79 Å². The van der Waals surface area contributed by atoms with E-state index in [1.54, 1.807) is 37.4 Å². The van der Waals surface area contributed by atoms with E-state index in [2.05, 4.69) is 5.32 Å². The summed E-state index contributed by atoms with van der Waals surface area (Å²) in [6, 6.07) is 14.2. The number of ether oxygens (including phenoxy) is 3. The molecule has 1 amide bonds. The molecular weight excluding hydrogens is 310 g/mol. The smallest absolute Gasteiger partial charge is 0.258 e. The Kier molecular flexibility index (Phi) is 6.45. The average Bonchev–Trinajstić information content (AvgIpc) is 2.64. The maximum Gasteiger partial charge on any atom is 0.258 e. The molecule has 0 heterocycles. The van der Waals surface area contributed by atoms with Gasteiger partial charge in [0.15, 0.2) is 18.1 Å². The first-order chi connectivity index (χ1) is 11.6. The van der Waals surface area contributed by atoms with Crippen molar-refractivity contribution in [1.29, 1.82) is 0 Å². The highest BCUT2D eigenvalue weighted by Gasteiger charge is 2.13. The van der Waals surface area contributed by atoms with Crippen molar-refractivity contribution in [2.45, 2.75) is 6.10 Å². The van der Waals surface area contributed by atoms with E-state index >= 15 is 0 Å². The number of para-hydroxylation sites is 1. The number of carbonyl (C=O) groups is 1. The molecule has 0 aliphatic carbocycles. The van der Waals surface area contributed by atoms with Crippen LogP contribution in [0.5, 0.6) is 17.2 Å². The molecule has 0 radical (unpaired) electrons. The van der Waals surface area contributed by atoms with E-state index in [4.69, 9.17) is 14.2 Å². The number of hydrogen-bond acceptors (Lipinski definition) is 5. The minimum absolute atomic E-state index is 0.0759. The topological polar surface area (TPSA) is 77.0 Å². The Morgan fingerprint density at radius 1 is 1.08 bits per heavy atom. The average molecular weight is 331 g/mol. The molecule has 0 saturated heterocycles. The highest BCUT2D eigenvalue weighted by molar-refractivity contribution is 5.77. The molecule has 0 aliphatic rings. The number of hydrogen-bond donors (Lipinski definition) is 2. The summed E-state index contributed by atoms with van der Waals surface area (Å²) in [6.07, 6.45) is -0.856. The molecule has 6 nitrogen and oxygen atoms in total. The van der Waals surface area contributed by atoms with Crippen LogP contribution in [-0.2, 0) is 4.79 Å². The Hall–Kier alpha value is -2.73. The van der Waals surface area contributed by atoms with Gasteiger partial charge in [0.05, 0.1) is 20.3 Å². The fourth-order valence-electron chi connectivity index (χ4n) is 2.11.